The third-order valence-electron chi connectivity index (χ3n) is 2.03. The van der Waals surface area contributed by atoms with E-state index in [9.17, 15) is 14.7 Å². The van der Waals surface area contributed by atoms with E-state index in [0.29, 0.717) is 12.0 Å². The molecule has 88 valence electrons. The van der Waals surface area contributed by atoms with Crippen LogP contribution in [0.15, 0.2) is 37.0 Å². The van der Waals surface area contributed by atoms with Crippen LogP contribution in [0.5, 0.6) is 0 Å². The second kappa shape index (κ2) is 7.59. The molecule has 0 heterocycles. The van der Waals surface area contributed by atoms with Crippen LogP contribution in [0.25, 0.3) is 0 Å². The van der Waals surface area contributed by atoms with Gasteiger partial charge in [-0.1, -0.05) is 38.3 Å². The van der Waals surface area contributed by atoms with Crippen molar-refractivity contribution in [3.63, 3.8) is 0 Å². The van der Waals surface area contributed by atoms with Crippen molar-refractivity contribution >= 4 is 12.3 Å². The molecule has 0 aromatic rings. The summed E-state index contributed by atoms with van der Waals surface area (Å²) in [5.41, 5.74) is 0.679. The Kier molecular flexibility index (Phi) is 6.79. The van der Waals surface area contributed by atoms with Crippen molar-refractivity contribution in [3.05, 3.63) is 37.0 Å². The fourth-order valence-corrected chi connectivity index (χ4v) is 1.07. The zero-order chi connectivity index (χ0) is 12.6. The van der Waals surface area contributed by atoms with E-state index in [4.69, 9.17) is 0 Å². The Hall–Kier alpha value is -1.68. The second-order valence-corrected chi connectivity index (χ2v) is 3.18. The van der Waals surface area contributed by atoms with Crippen LogP contribution in [-0.4, -0.2) is 35.0 Å². The highest BCUT2D eigenvalue weighted by molar-refractivity contribution is 5.89. The number of allylic oxidation sites excluding steroid dienone is 2. The standard InChI is InChI=1S/C12H17NO3/c1-4-7-10(5-2)8-13(9-14)12(16)11(15)6-3/h4-5,7,9,11,15H,1-2,6,8H2,3H3/b10-7+. The Morgan fingerprint density at radius 3 is 2.50 bits per heavy atom. The van der Waals surface area contributed by atoms with Crippen LogP contribution in [0.4, 0.5) is 0 Å². The van der Waals surface area contributed by atoms with E-state index in [1.807, 2.05) is 0 Å². The van der Waals surface area contributed by atoms with E-state index in [1.165, 1.54) is 6.08 Å². The number of aliphatic hydroxyl groups excluding tert-OH is 1. The van der Waals surface area contributed by atoms with Gasteiger partial charge in [-0.05, 0) is 12.0 Å². The van der Waals surface area contributed by atoms with Crippen molar-refractivity contribution in [1.82, 2.24) is 4.90 Å². The van der Waals surface area contributed by atoms with E-state index in [2.05, 4.69) is 13.2 Å². The maximum absolute atomic E-state index is 11.5. The first-order valence-electron chi connectivity index (χ1n) is 4.98. The zero-order valence-electron chi connectivity index (χ0n) is 9.43. The molecule has 0 aromatic heterocycles. The minimum absolute atomic E-state index is 0.0922. The lowest BCUT2D eigenvalue weighted by molar-refractivity contribution is -0.144. The molecule has 1 N–H and O–H groups in total. The number of imide groups is 1. The molecule has 1 atom stereocenters. The zero-order valence-corrected chi connectivity index (χ0v) is 9.43. The highest BCUT2D eigenvalue weighted by Crippen LogP contribution is 2.03. The van der Waals surface area contributed by atoms with Gasteiger partial charge in [-0.15, -0.1) is 0 Å². The average Bonchev–Trinajstić information content (AvgIpc) is 2.32. The van der Waals surface area contributed by atoms with Gasteiger partial charge in [-0.25, -0.2) is 0 Å². The van der Waals surface area contributed by atoms with Crippen LogP contribution in [0.3, 0.4) is 0 Å². The van der Waals surface area contributed by atoms with E-state index in [1.54, 1.807) is 19.1 Å². The molecular formula is C12H17NO3. The van der Waals surface area contributed by atoms with Gasteiger partial charge in [0.25, 0.3) is 5.91 Å². The van der Waals surface area contributed by atoms with Gasteiger partial charge in [-0.2, -0.15) is 0 Å². The van der Waals surface area contributed by atoms with Crippen LogP contribution >= 0.6 is 0 Å². The van der Waals surface area contributed by atoms with Crippen LogP contribution in [-0.2, 0) is 9.59 Å². The highest BCUT2D eigenvalue weighted by atomic mass is 16.3. The largest absolute Gasteiger partial charge is 0.383 e. The van der Waals surface area contributed by atoms with Gasteiger partial charge >= 0.3 is 0 Å². The molecule has 0 saturated heterocycles. The number of amides is 2. The third-order valence-corrected chi connectivity index (χ3v) is 2.03. The van der Waals surface area contributed by atoms with Gasteiger partial charge in [0.05, 0.1) is 6.54 Å². The second-order valence-electron chi connectivity index (χ2n) is 3.18. The molecule has 0 bridgehead atoms. The molecule has 0 fully saturated rings. The Balaban J connectivity index is 4.69. The number of carbonyl (C=O) groups is 2. The van der Waals surface area contributed by atoms with Crippen molar-refractivity contribution in [2.24, 2.45) is 0 Å². The topological polar surface area (TPSA) is 57.6 Å². The lowest BCUT2D eigenvalue weighted by Crippen LogP contribution is -2.38. The molecule has 0 aliphatic carbocycles. The summed E-state index contributed by atoms with van der Waals surface area (Å²) in [6.45, 7) is 8.83. The first kappa shape index (κ1) is 14.3. The fourth-order valence-electron chi connectivity index (χ4n) is 1.07. The lowest BCUT2D eigenvalue weighted by atomic mass is 10.2. The predicted molar refractivity (Wildman–Crippen MR) is 62.6 cm³/mol. The molecule has 1 unspecified atom stereocenters. The number of hydrogen-bond donors (Lipinski definition) is 1. The van der Waals surface area contributed by atoms with Crippen molar-refractivity contribution in [3.8, 4) is 0 Å². The first-order chi connectivity index (χ1) is 7.60. The molecule has 0 rings (SSSR count). The minimum Gasteiger partial charge on any atom is -0.383 e. The maximum atomic E-state index is 11.5. The summed E-state index contributed by atoms with van der Waals surface area (Å²) in [4.78, 5) is 23.2. The Labute approximate surface area is 95.6 Å². The molecule has 0 spiro atoms. The summed E-state index contributed by atoms with van der Waals surface area (Å²) in [5.74, 6) is -0.602. The fraction of sp³-hybridized carbons (Fsp3) is 0.333. The quantitative estimate of drug-likeness (QED) is 0.518. The molecular weight excluding hydrogens is 206 g/mol. The molecule has 2 amide bonds. The molecule has 4 heteroatoms. The SMILES string of the molecule is C=C/C=C(\C=C)CN(C=O)C(=O)C(O)CC. The first-order valence-corrected chi connectivity index (χ1v) is 4.98. The Morgan fingerprint density at radius 2 is 2.12 bits per heavy atom. The maximum Gasteiger partial charge on any atom is 0.258 e. The van der Waals surface area contributed by atoms with Gasteiger partial charge in [0, 0.05) is 0 Å². The highest BCUT2D eigenvalue weighted by Gasteiger charge is 2.20. The molecule has 0 aromatic carbocycles. The van der Waals surface area contributed by atoms with Crippen molar-refractivity contribution in [2.45, 2.75) is 19.4 Å². The molecule has 0 saturated carbocycles. The third kappa shape index (κ3) is 4.23. The number of aliphatic hydroxyl groups is 1. The molecule has 0 aliphatic rings. The summed E-state index contributed by atoms with van der Waals surface area (Å²) in [6, 6.07) is 0. The average molecular weight is 223 g/mol. The number of carbonyl (C=O) groups excluding carboxylic acids is 2. The normalized spacial score (nSPS) is 12.8. The van der Waals surface area contributed by atoms with E-state index in [-0.39, 0.29) is 13.0 Å². The van der Waals surface area contributed by atoms with Crippen LogP contribution < -0.4 is 0 Å². The summed E-state index contributed by atoms with van der Waals surface area (Å²) in [6.07, 6.45) is 4.26. The van der Waals surface area contributed by atoms with Gasteiger partial charge in [0.2, 0.25) is 6.41 Å². The minimum atomic E-state index is -1.14. The molecule has 4 nitrogen and oxygen atoms in total. The number of rotatable bonds is 7. The van der Waals surface area contributed by atoms with Crippen molar-refractivity contribution < 1.29 is 14.7 Å². The smallest absolute Gasteiger partial charge is 0.258 e. The summed E-state index contributed by atoms with van der Waals surface area (Å²) in [7, 11) is 0. The van der Waals surface area contributed by atoms with Gasteiger partial charge in [0.1, 0.15) is 6.10 Å². The summed E-state index contributed by atoms with van der Waals surface area (Å²) < 4.78 is 0. The van der Waals surface area contributed by atoms with Crippen LogP contribution in [0.2, 0.25) is 0 Å². The van der Waals surface area contributed by atoms with Crippen LogP contribution in [0, 0.1) is 0 Å². The monoisotopic (exact) mass is 223 g/mol. The van der Waals surface area contributed by atoms with Gasteiger partial charge in [0.15, 0.2) is 0 Å². The van der Waals surface area contributed by atoms with E-state index in [0.717, 1.165) is 4.90 Å². The predicted octanol–water partition coefficient (Wildman–Crippen LogP) is 1.04. The number of nitrogens with zero attached hydrogens (tertiary/aromatic N) is 1. The van der Waals surface area contributed by atoms with Crippen LogP contribution in [0.1, 0.15) is 13.3 Å². The van der Waals surface area contributed by atoms with Gasteiger partial charge in [-0.3, -0.25) is 14.5 Å². The Morgan fingerprint density at radius 1 is 1.50 bits per heavy atom. The number of hydrogen-bond acceptors (Lipinski definition) is 3. The van der Waals surface area contributed by atoms with Crippen molar-refractivity contribution in [2.75, 3.05) is 6.54 Å². The molecule has 0 radical (unpaired) electrons. The Bertz CT molecular complexity index is 307. The van der Waals surface area contributed by atoms with Crippen molar-refractivity contribution in [1.29, 1.82) is 0 Å². The van der Waals surface area contributed by atoms with E-state index < -0.39 is 12.0 Å². The lowest BCUT2D eigenvalue weighted by Gasteiger charge is -2.18. The van der Waals surface area contributed by atoms with E-state index >= 15 is 0 Å². The molecule has 0 aliphatic heterocycles. The molecule has 16 heavy (non-hydrogen) atoms. The summed E-state index contributed by atoms with van der Waals surface area (Å²) >= 11 is 0. The van der Waals surface area contributed by atoms with Gasteiger partial charge < -0.3 is 5.11 Å². The summed E-state index contributed by atoms with van der Waals surface area (Å²) in [5, 5.41) is 9.33.